The van der Waals surface area contributed by atoms with E-state index in [0.717, 1.165) is 69.5 Å². The maximum Gasteiger partial charge on any atom is 0.295 e. The van der Waals surface area contributed by atoms with Crippen molar-refractivity contribution in [1.29, 1.82) is 0 Å². The minimum Gasteiger partial charge on any atom is -0.481 e. The number of likely N-dealkylation sites (N-methyl/N-ethyl adjacent to an activating group) is 1. The van der Waals surface area contributed by atoms with Crippen LogP contribution in [0.1, 0.15) is 50.5 Å². The number of pyridine rings is 2. The number of aliphatic hydroxyl groups is 1. The van der Waals surface area contributed by atoms with Crippen LogP contribution in [0.25, 0.3) is 26.1 Å². The van der Waals surface area contributed by atoms with E-state index in [0.29, 0.717) is 91.9 Å². The average molecular weight is 1120 g/mol. The van der Waals surface area contributed by atoms with E-state index in [9.17, 15) is 19.1 Å². The molecule has 3 N–H and O–H groups in total. The number of amides is 2. The van der Waals surface area contributed by atoms with Gasteiger partial charge in [0.05, 0.1) is 44.6 Å². The molecule has 0 bridgehead atoms. The molecule has 0 saturated carbocycles. The van der Waals surface area contributed by atoms with Crippen molar-refractivity contribution in [3.63, 3.8) is 0 Å². The first-order valence-electron chi connectivity index (χ1n) is 26.4. The first-order valence-corrected chi connectivity index (χ1v) is 28.0. The average Bonchev–Trinajstić information content (AvgIpc) is 4.19. The Labute approximate surface area is 470 Å². The van der Waals surface area contributed by atoms with Gasteiger partial charge in [-0.15, -0.1) is 11.3 Å². The smallest absolute Gasteiger partial charge is 0.295 e. The number of carbonyl (C=O) groups excluding carboxylic acids is 2. The predicted molar refractivity (Wildman–Crippen MR) is 308 cm³/mol. The van der Waals surface area contributed by atoms with Gasteiger partial charge in [-0.3, -0.25) is 19.5 Å². The van der Waals surface area contributed by atoms with Gasteiger partial charge in [0, 0.05) is 96.3 Å². The number of aromatic nitrogens is 6. The molecule has 0 spiro atoms. The zero-order chi connectivity index (χ0) is 55.8. The Bertz CT molecular complexity index is 3710. The van der Waals surface area contributed by atoms with Crippen LogP contribution in [-0.4, -0.2) is 134 Å². The van der Waals surface area contributed by atoms with Crippen molar-refractivity contribution in [1.82, 2.24) is 44.5 Å². The van der Waals surface area contributed by atoms with Crippen LogP contribution in [0.3, 0.4) is 0 Å². The summed E-state index contributed by atoms with van der Waals surface area (Å²) >= 11 is 3.18. The summed E-state index contributed by atoms with van der Waals surface area (Å²) in [6.45, 7) is 10.8. The van der Waals surface area contributed by atoms with Gasteiger partial charge in [-0.1, -0.05) is 30.4 Å². The molecule has 0 radical (unpaired) electrons. The van der Waals surface area contributed by atoms with E-state index in [4.69, 9.17) is 29.2 Å². The zero-order valence-electron chi connectivity index (χ0n) is 45.6. The molecule has 1 fully saturated rings. The highest BCUT2D eigenvalue weighted by Gasteiger charge is 2.42. The lowest BCUT2D eigenvalue weighted by Gasteiger charge is -2.42. The van der Waals surface area contributed by atoms with Crippen LogP contribution >= 0.6 is 22.7 Å². The van der Waals surface area contributed by atoms with Gasteiger partial charge in [0.15, 0.2) is 17.1 Å². The Morgan fingerprint density at radius 1 is 0.850 bits per heavy atom. The molecular formula is C59H62FN12O6S2+. The number of alkyl halides is 1. The molecule has 2 aromatic carbocycles. The second kappa shape index (κ2) is 22.7. The fraction of sp³-hybridized carbons (Fsp3) is 0.322. The number of carbonyl (C=O) groups is 2. The maximum atomic E-state index is 14.4. The van der Waals surface area contributed by atoms with Crippen molar-refractivity contribution >= 4 is 77.9 Å². The van der Waals surface area contributed by atoms with Crippen LogP contribution < -0.4 is 29.4 Å². The Kier molecular flexibility index (Phi) is 15.3. The van der Waals surface area contributed by atoms with Crippen molar-refractivity contribution in [2.45, 2.75) is 58.8 Å². The number of nitrogens with zero attached hydrogens (tertiary/aromatic N) is 10. The number of nitrogens with one attached hydrogen (secondary N) is 2. The Morgan fingerprint density at radius 3 is 2.34 bits per heavy atom. The number of ether oxygens (including phenoxy) is 3. The van der Waals surface area contributed by atoms with Crippen molar-refractivity contribution in [2.75, 3.05) is 77.7 Å². The summed E-state index contributed by atoms with van der Waals surface area (Å²) in [6, 6.07) is 17.3. The third-order valence-corrected chi connectivity index (χ3v) is 16.8. The topological polar surface area (TPSA) is 187 Å². The Morgan fingerprint density at radius 2 is 1.59 bits per heavy atom. The van der Waals surface area contributed by atoms with E-state index < -0.39 is 12.3 Å². The molecule has 1 unspecified atom stereocenters. The number of hydrogen-bond acceptors (Lipinski definition) is 17. The second-order valence-corrected chi connectivity index (χ2v) is 23.1. The minimum atomic E-state index is -1.59. The SMILES string of the molecule is COc1ccc(Oc2c(C)cc(Nc3ncnc4sc5c(c34)C(C)CN(C(=O)/C=C/CN(C)C)C5)cc2-[n+]2cnc(Nc3ccc(Oc4ccc(C)nc4)c(C)c3)c3c4c(sc32)CN(C(=O)/C=C/CN2CC(F)(CO)C2)CC4)cn1. The number of benzene rings is 2. The van der Waals surface area contributed by atoms with Crippen LogP contribution in [0.15, 0.2) is 104 Å². The van der Waals surface area contributed by atoms with E-state index in [1.807, 2.05) is 114 Å². The van der Waals surface area contributed by atoms with E-state index >= 15 is 0 Å². The van der Waals surface area contributed by atoms with Crippen LogP contribution in [0, 0.1) is 20.8 Å². The van der Waals surface area contributed by atoms with Gasteiger partial charge >= 0.3 is 0 Å². The third-order valence-electron chi connectivity index (χ3n) is 14.5. The van der Waals surface area contributed by atoms with Gasteiger partial charge in [0.25, 0.3) is 12.1 Å². The number of hydrogen-bond donors (Lipinski definition) is 3. The number of anilines is 4. The first kappa shape index (κ1) is 54.0. The highest BCUT2D eigenvalue weighted by atomic mass is 32.1. The van der Waals surface area contributed by atoms with Gasteiger partial charge in [-0.2, -0.15) is 4.57 Å². The van der Waals surface area contributed by atoms with E-state index in [2.05, 4.69) is 27.5 Å². The molecule has 1 saturated heterocycles. The molecule has 11 rings (SSSR count). The number of aryl methyl sites for hydroxylation is 3. The molecule has 412 valence electrons. The number of thiophene rings is 2. The number of fused-ring (bicyclic) bond motifs is 6. The lowest BCUT2D eigenvalue weighted by atomic mass is 9.94. The summed E-state index contributed by atoms with van der Waals surface area (Å²) in [5, 5.41) is 18.6. The van der Waals surface area contributed by atoms with Crippen molar-refractivity contribution in [3.8, 4) is 34.6 Å². The molecule has 6 aromatic heterocycles. The Balaban J connectivity index is 0.979. The highest BCUT2D eigenvalue weighted by Crippen LogP contribution is 2.45. The largest absolute Gasteiger partial charge is 0.481 e. The summed E-state index contributed by atoms with van der Waals surface area (Å²) in [5.41, 5.74) is 5.47. The predicted octanol–water partition coefficient (Wildman–Crippen LogP) is 9.39. The number of likely N-dealkylation sites (tertiary alicyclic amines) is 1. The third kappa shape index (κ3) is 11.3. The zero-order valence-corrected chi connectivity index (χ0v) is 47.3. The second-order valence-electron chi connectivity index (χ2n) is 20.9. The van der Waals surface area contributed by atoms with Gasteiger partial charge in [-0.05, 0) is 111 Å². The number of aliphatic hydroxyl groups excluding tert-OH is 1. The lowest BCUT2D eigenvalue weighted by molar-refractivity contribution is -0.568. The van der Waals surface area contributed by atoms with Crippen LogP contribution in [-0.2, 0) is 29.1 Å². The van der Waals surface area contributed by atoms with Crippen LogP contribution in [0.2, 0.25) is 0 Å². The molecule has 80 heavy (non-hydrogen) atoms. The van der Waals surface area contributed by atoms with E-state index in [1.165, 1.54) is 0 Å². The Hall–Kier alpha value is -7.95. The number of halogens is 1. The van der Waals surface area contributed by atoms with E-state index in [-0.39, 0.29) is 30.8 Å². The fourth-order valence-corrected chi connectivity index (χ4v) is 13.1. The molecule has 3 aliphatic rings. The number of rotatable bonds is 17. The standard InChI is InChI=1S/C59H61FN12O6S2/c1-35-22-39(13-16-45(35)77-41-14-12-38(4)61-25-41)66-55-52-43-18-21-70(49(74)11-9-20-69-30-59(60,31-69)32-73)28-46(43)80-58(52)72(34-65-55)44-24-40(23-36(2)54(44)78-42-15-17-48(76-7)62-26-42)67-56-53-51-37(3)27-71(50(75)10-8-19-68(5)6)29-47(51)79-57(53)64-33-63-56/h8-17,22-26,33-34,37,73H,18-21,27-32H2,1-7H3,(H,63,64,67)/p+1/b10-8+,11-9+. The normalized spacial score (nSPS) is 16.1. The number of methoxy groups -OCH3 is 1. The molecule has 2 amide bonds. The molecule has 9 heterocycles. The fourth-order valence-electron chi connectivity index (χ4n) is 10.5. The summed E-state index contributed by atoms with van der Waals surface area (Å²) in [4.78, 5) is 62.2. The van der Waals surface area contributed by atoms with Gasteiger partial charge in [0.2, 0.25) is 22.5 Å². The summed E-state index contributed by atoms with van der Waals surface area (Å²) in [7, 11) is 5.51. The molecule has 21 heteroatoms. The van der Waals surface area contributed by atoms with Gasteiger partial charge in [-0.25, -0.2) is 19.3 Å². The molecule has 1 atom stereocenters. The van der Waals surface area contributed by atoms with Gasteiger partial charge in [0.1, 0.15) is 39.6 Å². The quantitative estimate of drug-likeness (QED) is 0.0578. The van der Waals surface area contributed by atoms with Crippen molar-refractivity contribution in [2.24, 2.45) is 0 Å². The molecular weight excluding hydrogens is 1060 g/mol. The maximum absolute atomic E-state index is 14.4. The molecule has 18 nitrogen and oxygen atoms in total. The van der Waals surface area contributed by atoms with Crippen LogP contribution in [0.4, 0.5) is 27.4 Å². The minimum absolute atomic E-state index is 0.0149. The molecule has 0 aliphatic carbocycles. The van der Waals surface area contributed by atoms with Gasteiger partial charge < -0.3 is 44.7 Å². The summed E-state index contributed by atoms with van der Waals surface area (Å²) < 4.78 is 34.9. The lowest BCUT2D eigenvalue weighted by Crippen LogP contribution is -2.60. The molecule has 8 aromatic rings. The highest BCUT2D eigenvalue weighted by molar-refractivity contribution is 7.19. The van der Waals surface area contributed by atoms with Crippen molar-refractivity contribution in [3.05, 3.63) is 142 Å². The summed E-state index contributed by atoms with van der Waals surface area (Å²) in [5.74, 6) is 4.00. The van der Waals surface area contributed by atoms with Crippen molar-refractivity contribution < 1.29 is 37.9 Å². The monoisotopic (exact) mass is 1120 g/mol. The van der Waals surface area contributed by atoms with Crippen LogP contribution in [0.5, 0.6) is 28.9 Å². The van der Waals surface area contributed by atoms with E-state index in [1.54, 1.807) is 79.1 Å². The molecule has 3 aliphatic heterocycles. The first-order chi connectivity index (χ1) is 38.6. The summed E-state index contributed by atoms with van der Waals surface area (Å²) in [6.07, 6.45) is 14.2.